The van der Waals surface area contributed by atoms with E-state index in [0.29, 0.717) is 23.4 Å². The van der Waals surface area contributed by atoms with Gasteiger partial charge in [0.15, 0.2) is 0 Å². The Morgan fingerprint density at radius 1 is 1.11 bits per heavy atom. The molecular formula is C20H22N2O5. The van der Waals surface area contributed by atoms with Gasteiger partial charge >= 0.3 is 5.97 Å². The molecule has 142 valence electrons. The number of hydrogen-bond acceptors (Lipinski definition) is 6. The number of methoxy groups -OCH3 is 1. The maximum absolute atomic E-state index is 12.3. The Kier molecular flexibility index (Phi) is 7.37. The van der Waals surface area contributed by atoms with Gasteiger partial charge in [-0.25, -0.2) is 4.79 Å². The van der Waals surface area contributed by atoms with Crippen molar-refractivity contribution in [3.8, 4) is 5.75 Å². The van der Waals surface area contributed by atoms with Crippen LogP contribution < -0.4 is 10.1 Å². The van der Waals surface area contributed by atoms with Crippen molar-refractivity contribution in [3.63, 3.8) is 0 Å². The second kappa shape index (κ2) is 9.96. The van der Waals surface area contributed by atoms with E-state index in [0.717, 1.165) is 6.42 Å². The lowest BCUT2D eigenvalue weighted by molar-refractivity contribution is -0.116. The Labute approximate surface area is 157 Å². The number of ether oxygens (including phenoxy) is 2. The molecule has 7 nitrogen and oxygen atoms in total. The van der Waals surface area contributed by atoms with Crippen molar-refractivity contribution in [1.82, 2.24) is 0 Å². The Morgan fingerprint density at radius 3 is 2.48 bits per heavy atom. The lowest BCUT2D eigenvalue weighted by Crippen LogP contribution is -2.16. The summed E-state index contributed by atoms with van der Waals surface area (Å²) < 4.78 is 10.3. The van der Waals surface area contributed by atoms with E-state index in [4.69, 9.17) is 9.47 Å². The third kappa shape index (κ3) is 5.85. The van der Waals surface area contributed by atoms with Crippen molar-refractivity contribution in [2.24, 2.45) is 5.16 Å². The van der Waals surface area contributed by atoms with Crippen molar-refractivity contribution in [1.29, 1.82) is 0 Å². The number of nitrogens with one attached hydrogen (secondary N) is 1. The largest absolute Gasteiger partial charge is 0.497 e. The zero-order valence-electron chi connectivity index (χ0n) is 15.3. The normalized spacial score (nSPS) is 11.0. The number of carbonyl (C=O) groups is 2. The molecule has 0 saturated heterocycles. The number of amides is 1. The third-order valence-corrected chi connectivity index (χ3v) is 3.74. The minimum absolute atomic E-state index is 0.114. The van der Waals surface area contributed by atoms with Crippen LogP contribution >= 0.6 is 0 Å². The van der Waals surface area contributed by atoms with Crippen molar-refractivity contribution in [2.75, 3.05) is 19.0 Å². The molecule has 0 radical (unpaired) electrons. The predicted molar refractivity (Wildman–Crippen MR) is 102 cm³/mol. The van der Waals surface area contributed by atoms with Crippen molar-refractivity contribution in [2.45, 2.75) is 19.8 Å². The molecule has 0 atom stereocenters. The second-order valence-corrected chi connectivity index (χ2v) is 5.73. The van der Waals surface area contributed by atoms with Gasteiger partial charge in [-0.1, -0.05) is 18.1 Å². The molecule has 0 unspecified atom stereocenters. The van der Waals surface area contributed by atoms with Crippen LogP contribution in [-0.4, -0.2) is 36.5 Å². The maximum Gasteiger partial charge on any atom is 0.338 e. The number of esters is 1. The highest BCUT2D eigenvalue weighted by Gasteiger charge is 2.12. The first-order valence-corrected chi connectivity index (χ1v) is 8.49. The summed E-state index contributed by atoms with van der Waals surface area (Å²) in [5, 5.41) is 15.1. The fraction of sp³-hybridized carbons (Fsp3) is 0.250. The standard InChI is InChI=1S/C20H22N2O5/c1-3-5-19(23)21-16-7-4-6-15(12-16)20(24)27-13-18(22-25)14-8-10-17(26-2)11-9-14/h4,6-12,25H,3,5,13H2,1-2H3,(H,21,23). The first-order valence-electron chi connectivity index (χ1n) is 8.49. The van der Waals surface area contributed by atoms with E-state index in [9.17, 15) is 14.8 Å². The monoisotopic (exact) mass is 370 g/mol. The first kappa shape index (κ1) is 20.0. The highest BCUT2D eigenvalue weighted by atomic mass is 16.5. The summed E-state index contributed by atoms with van der Waals surface area (Å²) in [5.74, 6) is -0.0385. The van der Waals surface area contributed by atoms with Gasteiger partial charge in [-0.2, -0.15) is 0 Å². The molecule has 0 heterocycles. The fourth-order valence-corrected chi connectivity index (χ4v) is 2.35. The van der Waals surface area contributed by atoms with Crippen LogP contribution in [0.5, 0.6) is 5.75 Å². The summed E-state index contributed by atoms with van der Waals surface area (Å²) in [4.78, 5) is 23.9. The fourth-order valence-electron chi connectivity index (χ4n) is 2.35. The second-order valence-electron chi connectivity index (χ2n) is 5.73. The smallest absolute Gasteiger partial charge is 0.338 e. The van der Waals surface area contributed by atoms with Crippen LogP contribution in [0, 0.1) is 0 Å². The molecule has 1 amide bonds. The van der Waals surface area contributed by atoms with E-state index >= 15 is 0 Å². The molecule has 2 rings (SSSR count). The number of oxime groups is 1. The molecule has 0 fully saturated rings. The van der Waals surface area contributed by atoms with Gasteiger partial charge in [-0.3, -0.25) is 4.79 Å². The zero-order valence-corrected chi connectivity index (χ0v) is 15.3. The van der Waals surface area contributed by atoms with E-state index in [-0.39, 0.29) is 23.8 Å². The van der Waals surface area contributed by atoms with Gasteiger partial charge in [0.2, 0.25) is 5.91 Å². The average molecular weight is 370 g/mol. The van der Waals surface area contributed by atoms with E-state index in [2.05, 4.69) is 10.5 Å². The molecule has 2 N–H and O–H groups in total. The molecule has 2 aromatic rings. The minimum Gasteiger partial charge on any atom is -0.497 e. The molecule has 0 aliphatic rings. The average Bonchev–Trinajstić information content (AvgIpc) is 2.69. The third-order valence-electron chi connectivity index (χ3n) is 3.74. The highest BCUT2D eigenvalue weighted by Crippen LogP contribution is 2.14. The number of nitrogens with zero attached hydrogens (tertiary/aromatic N) is 1. The molecule has 0 aliphatic carbocycles. The zero-order chi connectivity index (χ0) is 19.6. The van der Waals surface area contributed by atoms with E-state index in [1.54, 1.807) is 55.6 Å². The number of anilines is 1. The molecule has 0 aliphatic heterocycles. The molecule has 7 heteroatoms. The summed E-state index contributed by atoms with van der Waals surface area (Å²) in [5.41, 5.74) is 1.62. The summed E-state index contributed by atoms with van der Waals surface area (Å²) >= 11 is 0. The van der Waals surface area contributed by atoms with Gasteiger partial charge in [0, 0.05) is 17.7 Å². The molecule has 0 spiro atoms. The minimum atomic E-state index is -0.587. The highest BCUT2D eigenvalue weighted by molar-refractivity contribution is 6.03. The van der Waals surface area contributed by atoms with Gasteiger partial charge in [-0.05, 0) is 48.9 Å². The summed E-state index contributed by atoms with van der Waals surface area (Å²) in [6.07, 6.45) is 1.15. The van der Waals surface area contributed by atoms with Gasteiger partial charge < -0.3 is 20.0 Å². The number of benzene rings is 2. The summed E-state index contributed by atoms with van der Waals surface area (Å²) in [7, 11) is 1.55. The maximum atomic E-state index is 12.3. The van der Waals surface area contributed by atoms with Crippen molar-refractivity contribution < 1.29 is 24.3 Å². The Balaban J connectivity index is 2.00. The van der Waals surface area contributed by atoms with E-state index in [1.165, 1.54) is 0 Å². The summed E-state index contributed by atoms with van der Waals surface area (Å²) in [6.45, 7) is 1.71. The van der Waals surface area contributed by atoms with Crippen LogP contribution in [0.4, 0.5) is 5.69 Å². The van der Waals surface area contributed by atoms with E-state index in [1.807, 2.05) is 6.92 Å². The van der Waals surface area contributed by atoms with Crippen molar-refractivity contribution in [3.05, 3.63) is 59.7 Å². The van der Waals surface area contributed by atoms with Gasteiger partial charge in [0.1, 0.15) is 18.1 Å². The van der Waals surface area contributed by atoms with Crippen LogP contribution in [0.2, 0.25) is 0 Å². The van der Waals surface area contributed by atoms with Gasteiger partial charge in [0.25, 0.3) is 0 Å². The van der Waals surface area contributed by atoms with Gasteiger partial charge in [0.05, 0.1) is 12.7 Å². The number of rotatable bonds is 8. The Bertz CT molecular complexity index is 815. The van der Waals surface area contributed by atoms with Crippen LogP contribution in [0.15, 0.2) is 53.7 Å². The number of carbonyl (C=O) groups excluding carboxylic acids is 2. The molecule has 0 bridgehead atoms. The molecule has 0 saturated carbocycles. The molecule has 0 aromatic heterocycles. The quantitative estimate of drug-likeness (QED) is 0.321. The topological polar surface area (TPSA) is 97.2 Å². The SMILES string of the molecule is CCCC(=O)Nc1cccc(C(=O)OCC(=NO)c2ccc(OC)cc2)c1. The van der Waals surface area contributed by atoms with Gasteiger partial charge in [-0.15, -0.1) is 0 Å². The molecule has 27 heavy (non-hydrogen) atoms. The number of hydrogen-bond donors (Lipinski definition) is 2. The molecule has 2 aromatic carbocycles. The van der Waals surface area contributed by atoms with Crippen LogP contribution in [0.25, 0.3) is 0 Å². The Morgan fingerprint density at radius 2 is 1.85 bits per heavy atom. The predicted octanol–water partition coefficient (Wildman–Crippen LogP) is 3.47. The summed E-state index contributed by atoms with van der Waals surface area (Å²) in [6, 6.07) is 13.3. The first-order chi connectivity index (χ1) is 13.1. The van der Waals surface area contributed by atoms with Crippen molar-refractivity contribution >= 4 is 23.3 Å². The lowest BCUT2D eigenvalue weighted by Gasteiger charge is -2.09. The van der Waals surface area contributed by atoms with Crippen LogP contribution in [-0.2, 0) is 9.53 Å². The van der Waals surface area contributed by atoms with Crippen LogP contribution in [0.3, 0.4) is 0 Å². The van der Waals surface area contributed by atoms with Crippen LogP contribution in [0.1, 0.15) is 35.7 Å². The lowest BCUT2D eigenvalue weighted by atomic mass is 10.1. The van der Waals surface area contributed by atoms with E-state index < -0.39 is 5.97 Å². The Hall–Kier alpha value is -3.35. The molecular weight excluding hydrogens is 348 g/mol.